The fourth-order valence-electron chi connectivity index (χ4n) is 7.34. The second-order valence-electron chi connectivity index (χ2n) is 14.1. The Morgan fingerprint density at radius 3 is 1.20 bits per heavy atom. The third kappa shape index (κ3) is 9.63. The van der Waals surface area contributed by atoms with Gasteiger partial charge in [-0.25, -0.2) is 0 Å². The van der Waals surface area contributed by atoms with Crippen LogP contribution in [0, 0.1) is 20.2 Å². The van der Waals surface area contributed by atoms with Gasteiger partial charge in [0.25, 0.3) is 11.4 Å². The van der Waals surface area contributed by atoms with Crippen LogP contribution in [-0.4, -0.2) is 118 Å². The zero-order valence-electron chi connectivity index (χ0n) is 33.2. The number of nitrogens with zero attached hydrogens (tertiary/aromatic N) is 6. The number of rotatable bonds is 12. The molecule has 2 fully saturated rings. The Balaban J connectivity index is 1.45. The topological polar surface area (TPSA) is 202 Å². The maximum atomic E-state index is 13.3. The highest BCUT2D eigenvalue weighted by molar-refractivity contribution is 7.99. The van der Waals surface area contributed by atoms with Gasteiger partial charge in [0.15, 0.2) is 12.6 Å². The molecule has 312 valence electrons. The third-order valence-electron chi connectivity index (χ3n) is 10.5. The van der Waals surface area contributed by atoms with E-state index in [4.69, 9.17) is 0 Å². The van der Waals surface area contributed by atoms with E-state index in [1.165, 1.54) is 86.7 Å². The van der Waals surface area contributed by atoms with E-state index >= 15 is 0 Å². The molecule has 0 aromatic heterocycles. The van der Waals surface area contributed by atoms with Gasteiger partial charge < -0.3 is 19.6 Å². The predicted molar refractivity (Wildman–Crippen MR) is 228 cm³/mol. The average molecular weight is 845 g/mol. The maximum Gasteiger partial charge on any atom is 0.291 e. The molecule has 0 spiro atoms. The molecule has 0 saturated carbocycles. The molecule has 4 aromatic carbocycles. The summed E-state index contributed by atoms with van der Waals surface area (Å²) >= 11 is 0.736. The van der Waals surface area contributed by atoms with E-state index in [1.54, 1.807) is 43.9 Å². The number of nitro benzene ring substituents is 2. The summed E-state index contributed by atoms with van der Waals surface area (Å²) < 4.78 is 0. The van der Waals surface area contributed by atoms with Crippen molar-refractivity contribution in [1.82, 2.24) is 19.6 Å². The second-order valence-corrected chi connectivity index (χ2v) is 15.2. The monoisotopic (exact) mass is 844 g/mol. The van der Waals surface area contributed by atoms with Gasteiger partial charge in [-0.2, -0.15) is 0 Å². The Labute approximate surface area is 354 Å². The standard InChI is InChI=1S/C44H40N6O10S/c1-29(53)45-19-23-47(24-20-45)39(55)17-13-31-11-15-37(43(49(57)58)41(31)35-9-5-3-7-33(35)27-51)61-38-16-12-32(14-18-40(56)48-25-21-46(22-26-48)30(2)54)42(44(38)50(59)60)36-10-6-4-8-34(36)28-52/h3-18,27-28H,19-26H2,1-2H3. The largest absolute Gasteiger partial charge is 0.339 e. The summed E-state index contributed by atoms with van der Waals surface area (Å²) in [4.78, 5) is 106. The fraction of sp³-hybridized carbons (Fsp3) is 0.227. The number of carbonyl (C=O) groups excluding carboxylic acids is 6. The van der Waals surface area contributed by atoms with Crippen LogP contribution in [0.4, 0.5) is 11.4 Å². The molecule has 17 heteroatoms. The number of aldehydes is 2. The van der Waals surface area contributed by atoms with Crippen LogP contribution in [0.5, 0.6) is 0 Å². The van der Waals surface area contributed by atoms with Gasteiger partial charge in [0.1, 0.15) is 0 Å². The van der Waals surface area contributed by atoms with E-state index in [2.05, 4.69) is 0 Å². The minimum Gasteiger partial charge on any atom is -0.339 e. The van der Waals surface area contributed by atoms with Gasteiger partial charge in [0.2, 0.25) is 23.6 Å². The number of hydrogen-bond acceptors (Lipinski definition) is 11. The van der Waals surface area contributed by atoms with Crippen LogP contribution in [0.15, 0.2) is 94.7 Å². The lowest BCUT2D eigenvalue weighted by atomic mass is 9.93. The van der Waals surface area contributed by atoms with Gasteiger partial charge in [0, 0.05) is 89.5 Å². The molecule has 2 aliphatic heterocycles. The van der Waals surface area contributed by atoms with Crippen molar-refractivity contribution in [1.29, 1.82) is 0 Å². The maximum absolute atomic E-state index is 13.3. The van der Waals surface area contributed by atoms with Crippen molar-refractivity contribution < 1.29 is 38.6 Å². The van der Waals surface area contributed by atoms with Crippen LogP contribution >= 0.6 is 11.8 Å². The van der Waals surface area contributed by atoms with E-state index in [0.717, 1.165) is 11.8 Å². The van der Waals surface area contributed by atoms with E-state index < -0.39 is 21.2 Å². The zero-order chi connectivity index (χ0) is 43.8. The molecule has 61 heavy (non-hydrogen) atoms. The number of piperazine rings is 2. The van der Waals surface area contributed by atoms with Crippen molar-refractivity contribution >= 4 is 71.5 Å². The summed E-state index contributed by atoms with van der Waals surface area (Å²) in [5.74, 6) is -0.972. The molecule has 4 amide bonds. The van der Waals surface area contributed by atoms with Crippen LogP contribution < -0.4 is 0 Å². The number of nitro groups is 2. The Bertz CT molecular complexity index is 2330. The van der Waals surface area contributed by atoms with Gasteiger partial charge in [0.05, 0.1) is 30.8 Å². The first kappa shape index (κ1) is 43.3. The first-order chi connectivity index (χ1) is 29.3. The van der Waals surface area contributed by atoms with Gasteiger partial charge in [-0.3, -0.25) is 49.0 Å². The van der Waals surface area contributed by atoms with Crippen LogP contribution in [0.1, 0.15) is 45.7 Å². The van der Waals surface area contributed by atoms with Gasteiger partial charge in [-0.05, 0) is 46.5 Å². The van der Waals surface area contributed by atoms with Crippen molar-refractivity contribution in [2.75, 3.05) is 52.4 Å². The third-order valence-corrected chi connectivity index (χ3v) is 11.6. The van der Waals surface area contributed by atoms with E-state index in [9.17, 15) is 49.0 Å². The molecular formula is C44H40N6O10S. The van der Waals surface area contributed by atoms with Crippen LogP contribution in [-0.2, 0) is 19.2 Å². The Morgan fingerprint density at radius 2 is 0.869 bits per heavy atom. The molecule has 4 aromatic rings. The molecule has 0 radical (unpaired) electrons. The average Bonchev–Trinajstić information content (AvgIpc) is 3.27. The van der Waals surface area contributed by atoms with E-state index in [0.29, 0.717) is 64.9 Å². The van der Waals surface area contributed by atoms with Crippen LogP contribution in [0.2, 0.25) is 0 Å². The highest BCUT2D eigenvalue weighted by atomic mass is 32.2. The molecule has 0 atom stereocenters. The molecule has 2 saturated heterocycles. The quantitative estimate of drug-likeness (QED) is 0.0699. The Hall–Kier alpha value is -7.27. The first-order valence-electron chi connectivity index (χ1n) is 19.2. The number of carbonyl (C=O) groups is 6. The molecule has 0 unspecified atom stereocenters. The van der Waals surface area contributed by atoms with Gasteiger partial charge >= 0.3 is 0 Å². The SMILES string of the molecule is CC(=O)N1CCN(C(=O)C=Cc2ccc(Sc3ccc(C=CC(=O)N4CCN(C(C)=O)CC4)c(-c4ccccc4C=O)c3[N+](=O)[O-])c([N+](=O)[O-])c2-c2ccccc2C=O)CC1. The molecule has 0 N–H and O–H groups in total. The number of hydrogen-bond donors (Lipinski definition) is 0. The molecule has 0 aliphatic carbocycles. The minimum absolute atomic E-state index is 0.000437. The molecule has 2 aliphatic rings. The summed E-state index contributed by atoms with van der Waals surface area (Å²) in [5, 5.41) is 26.3. The summed E-state index contributed by atoms with van der Waals surface area (Å²) in [6.45, 7) is 5.51. The smallest absolute Gasteiger partial charge is 0.291 e. The summed E-state index contributed by atoms with van der Waals surface area (Å²) in [7, 11) is 0. The molecule has 16 nitrogen and oxygen atoms in total. The van der Waals surface area contributed by atoms with Crippen LogP contribution in [0.25, 0.3) is 34.4 Å². The fourth-order valence-corrected chi connectivity index (χ4v) is 8.39. The Kier molecular flexibility index (Phi) is 13.6. The van der Waals surface area contributed by atoms with Crippen molar-refractivity contribution in [2.24, 2.45) is 0 Å². The predicted octanol–water partition coefficient (Wildman–Crippen LogP) is 6.02. The lowest BCUT2D eigenvalue weighted by Crippen LogP contribution is -2.49. The highest BCUT2D eigenvalue weighted by Crippen LogP contribution is 2.49. The van der Waals surface area contributed by atoms with Crippen molar-refractivity contribution in [2.45, 2.75) is 23.6 Å². The zero-order valence-corrected chi connectivity index (χ0v) is 34.0. The summed E-state index contributed by atoms with van der Waals surface area (Å²) in [5.41, 5.74) is 0.124. The summed E-state index contributed by atoms with van der Waals surface area (Å²) in [6, 6.07) is 18.3. The number of amides is 4. The molecule has 2 heterocycles. The lowest BCUT2D eigenvalue weighted by Gasteiger charge is -2.33. The molecule has 0 bridgehead atoms. The van der Waals surface area contributed by atoms with Crippen molar-refractivity contribution in [3.63, 3.8) is 0 Å². The van der Waals surface area contributed by atoms with E-state index in [1.807, 2.05) is 0 Å². The Morgan fingerprint density at radius 1 is 0.525 bits per heavy atom. The minimum atomic E-state index is -0.646. The van der Waals surface area contributed by atoms with Gasteiger partial charge in [-0.1, -0.05) is 72.4 Å². The normalized spacial score (nSPS) is 14.3. The first-order valence-corrected chi connectivity index (χ1v) is 20.0. The van der Waals surface area contributed by atoms with Crippen molar-refractivity contribution in [3.05, 3.63) is 127 Å². The second kappa shape index (κ2) is 19.2. The van der Waals surface area contributed by atoms with Gasteiger partial charge in [-0.15, -0.1) is 0 Å². The number of benzene rings is 4. The lowest BCUT2D eigenvalue weighted by molar-refractivity contribution is -0.387. The summed E-state index contributed by atoms with van der Waals surface area (Å²) in [6.07, 6.45) is 6.48. The molecule has 6 rings (SSSR count). The highest BCUT2D eigenvalue weighted by Gasteiger charge is 2.31. The molecular weight excluding hydrogens is 805 g/mol. The van der Waals surface area contributed by atoms with E-state index in [-0.39, 0.29) is 77.9 Å². The van der Waals surface area contributed by atoms with Crippen molar-refractivity contribution in [3.8, 4) is 22.3 Å². The van der Waals surface area contributed by atoms with Crippen LogP contribution in [0.3, 0.4) is 0 Å².